The number of nitrogens with zero attached hydrogens (tertiary/aromatic N) is 1. The van der Waals surface area contributed by atoms with Gasteiger partial charge in [0.1, 0.15) is 5.82 Å². The van der Waals surface area contributed by atoms with Crippen molar-refractivity contribution in [1.82, 2.24) is 0 Å². The van der Waals surface area contributed by atoms with Crippen LogP contribution in [0.25, 0.3) is 0 Å². The third-order valence-corrected chi connectivity index (χ3v) is 3.48. The molecule has 120 valence electrons. The highest BCUT2D eigenvalue weighted by Crippen LogP contribution is 2.28. The van der Waals surface area contributed by atoms with E-state index in [0.29, 0.717) is 18.8 Å². The molecule has 21 heavy (non-hydrogen) atoms. The summed E-state index contributed by atoms with van der Waals surface area (Å²) in [6.45, 7) is 6.51. The molecule has 1 aromatic rings. The maximum Gasteiger partial charge on any atom is 0.126 e. The molecule has 0 spiro atoms. The van der Waals surface area contributed by atoms with E-state index < -0.39 is 0 Å². The van der Waals surface area contributed by atoms with Gasteiger partial charge in [-0.2, -0.15) is 0 Å². The molecule has 0 saturated carbocycles. The smallest absolute Gasteiger partial charge is 0.126 e. The molecule has 0 amide bonds. The van der Waals surface area contributed by atoms with Crippen molar-refractivity contribution >= 4 is 5.69 Å². The summed E-state index contributed by atoms with van der Waals surface area (Å²) in [5.74, 6) is -0.213. The molecule has 0 bridgehead atoms. The third kappa shape index (κ3) is 5.26. The fourth-order valence-electron chi connectivity index (χ4n) is 2.27. The molecule has 5 heteroatoms. The van der Waals surface area contributed by atoms with Crippen LogP contribution in [-0.4, -0.2) is 40.5 Å². The minimum Gasteiger partial charge on any atom is -0.385 e. The van der Waals surface area contributed by atoms with Crippen LogP contribution in [0, 0.1) is 12.7 Å². The predicted molar refractivity (Wildman–Crippen MR) is 84.3 cm³/mol. The Bertz CT molecular complexity index is 439. The van der Waals surface area contributed by atoms with Gasteiger partial charge in [-0.15, -0.1) is 0 Å². The summed E-state index contributed by atoms with van der Waals surface area (Å²) in [7, 11) is 3.37. The zero-order chi connectivity index (χ0) is 15.8. The van der Waals surface area contributed by atoms with E-state index in [1.807, 2.05) is 13.0 Å². The number of rotatable bonds is 9. The first-order valence-corrected chi connectivity index (χ1v) is 7.29. The van der Waals surface area contributed by atoms with Crippen molar-refractivity contribution in [3.8, 4) is 0 Å². The molecule has 0 heterocycles. The Kier molecular flexibility index (Phi) is 7.64. The van der Waals surface area contributed by atoms with Crippen molar-refractivity contribution in [2.24, 2.45) is 5.73 Å². The zero-order valence-corrected chi connectivity index (χ0v) is 13.5. The molecule has 0 aromatic heterocycles. The number of halogens is 1. The topological polar surface area (TPSA) is 47.7 Å². The number of aryl methyl sites for hydroxylation is 1. The van der Waals surface area contributed by atoms with Gasteiger partial charge in [-0.25, -0.2) is 4.39 Å². The lowest BCUT2D eigenvalue weighted by molar-refractivity contribution is 0.191. The van der Waals surface area contributed by atoms with Gasteiger partial charge in [-0.3, -0.25) is 0 Å². The largest absolute Gasteiger partial charge is 0.385 e. The van der Waals surface area contributed by atoms with Crippen LogP contribution in [0.2, 0.25) is 0 Å². The fourth-order valence-corrected chi connectivity index (χ4v) is 2.27. The minimum atomic E-state index is -0.220. The second kappa shape index (κ2) is 8.97. The van der Waals surface area contributed by atoms with E-state index in [1.165, 1.54) is 0 Å². The predicted octanol–water partition coefficient (Wildman–Crippen LogP) is 2.64. The van der Waals surface area contributed by atoms with E-state index in [9.17, 15) is 4.39 Å². The molecule has 0 fully saturated rings. The Labute approximate surface area is 127 Å². The Balaban J connectivity index is 3.05. The molecule has 0 aliphatic heterocycles. The van der Waals surface area contributed by atoms with Crippen molar-refractivity contribution < 1.29 is 13.9 Å². The van der Waals surface area contributed by atoms with E-state index >= 15 is 0 Å². The van der Waals surface area contributed by atoms with E-state index in [-0.39, 0.29) is 11.9 Å². The minimum absolute atomic E-state index is 0.213. The number of hydrogen-bond acceptors (Lipinski definition) is 4. The van der Waals surface area contributed by atoms with Gasteiger partial charge in [-0.1, -0.05) is 0 Å². The molecule has 0 saturated heterocycles. The zero-order valence-electron chi connectivity index (χ0n) is 13.5. The van der Waals surface area contributed by atoms with Crippen molar-refractivity contribution in [1.29, 1.82) is 0 Å². The standard InChI is InChI=1S/C16H27FN2O2/c1-12-10-16(14(13(2)18)11-15(12)17)19(7-9-21-4)6-5-8-20-3/h10-11,13H,5-9,18H2,1-4H3/t13-/m0/s1. The summed E-state index contributed by atoms with van der Waals surface area (Å²) < 4.78 is 24.1. The average molecular weight is 298 g/mol. The molecule has 4 nitrogen and oxygen atoms in total. The maximum atomic E-state index is 13.8. The van der Waals surface area contributed by atoms with Crippen molar-refractivity contribution in [2.45, 2.75) is 26.3 Å². The lowest BCUT2D eigenvalue weighted by Crippen LogP contribution is -2.31. The highest BCUT2D eigenvalue weighted by atomic mass is 19.1. The quantitative estimate of drug-likeness (QED) is 0.712. The third-order valence-electron chi connectivity index (χ3n) is 3.48. The Morgan fingerprint density at radius 2 is 1.86 bits per heavy atom. The molecule has 2 N–H and O–H groups in total. The van der Waals surface area contributed by atoms with Crippen LogP contribution in [0.4, 0.5) is 10.1 Å². The average Bonchev–Trinajstić information content (AvgIpc) is 2.45. The molecule has 1 aromatic carbocycles. The number of ether oxygens (including phenoxy) is 2. The summed E-state index contributed by atoms with van der Waals surface area (Å²) in [6.07, 6.45) is 0.898. The summed E-state index contributed by atoms with van der Waals surface area (Å²) in [5.41, 5.74) is 8.44. The van der Waals surface area contributed by atoms with E-state index in [2.05, 4.69) is 4.90 Å². The number of methoxy groups -OCH3 is 2. The van der Waals surface area contributed by atoms with Crippen LogP contribution >= 0.6 is 0 Å². The Morgan fingerprint density at radius 1 is 1.19 bits per heavy atom. The van der Waals surface area contributed by atoms with Gasteiger partial charge in [0.2, 0.25) is 0 Å². The van der Waals surface area contributed by atoms with Crippen LogP contribution in [0.1, 0.15) is 30.5 Å². The summed E-state index contributed by atoms with van der Waals surface area (Å²) in [6, 6.07) is 3.20. The second-order valence-electron chi connectivity index (χ2n) is 5.28. The van der Waals surface area contributed by atoms with Crippen LogP contribution in [-0.2, 0) is 9.47 Å². The van der Waals surface area contributed by atoms with Gasteiger partial charge in [0.25, 0.3) is 0 Å². The highest BCUT2D eigenvalue weighted by molar-refractivity contribution is 5.57. The Morgan fingerprint density at radius 3 is 2.43 bits per heavy atom. The number of nitrogens with two attached hydrogens (primary N) is 1. The van der Waals surface area contributed by atoms with Gasteiger partial charge in [-0.05, 0) is 43.5 Å². The SMILES string of the molecule is COCCCN(CCOC)c1cc(C)c(F)cc1[C@H](C)N. The van der Waals surface area contributed by atoms with Crippen molar-refractivity contribution in [3.63, 3.8) is 0 Å². The van der Waals surface area contributed by atoms with Gasteiger partial charge in [0.05, 0.1) is 6.61 Å². The number of benzene rings is 1. The number of anilines is 1. The van der Waals surface area contributed by atoms with E-state index in [0.717, 1.165) is 30.8 Å². The normalized spacial score (nSPS) is 12.5. The van der Waals surface area contributed by atoms with E-state index in [1.54, 1.807) is 27.2 Å². The fraction of sp³-hybridized carbons (Fsp3) is 0.625. The molecule has 0 unspecified atom stereocenters. The first-order valence-electron chi connectivity index (χ1n) is 7.29. The van der Waals surface area contributed by atoms with Crippen molar-refractivity contribution in [2.75, 3.05) is 45.4 Å². The second-order valence-corrected chi connectivity index (χ2v) is 5.28. The van der Waals surface area contributed by atoms with Gasteiger partial charge >= 0.3 is 0 Å². The van der Waals surface area contributed by atoms with Crippen LogP contribution in [0.3, 0.4) is 0 Å². The highest BCUT2D eigenvalue weighted by Gasteiger charge is 2.16. The van der Waals surface area contributed by atoms with Gasteiger partial charge in [0, 0.05) is 45.6 Å². The first-order chi connectivity index (χ1) is 10.0. The van der Waals surface area contributed by atoms with E-state index in [4.69, 9.17) is 15.2 Å². The molecule has 1 atom stereocenters. The lowest BCUT2D eigenvalue weighted by atomic mass is 10.0. The molecule has 1 rings (SSSR count). The van der Waals surface area contributed by atoms with Crippen LogP contribution in [0.5, 0.6) is 0 Å². The summed E-state index contributed by atoms with van der Waals surface area (Å²) in [5, 5.41) is 0. The summed E-state index contributed by atoms with van der Waals surface area (Å²) in [4.78, 5) is 2.19. The molecular weight excluding hydrogens is 271 g/mol. The molecule has 0 aliphatic carbocycles. The molecule has 0 radical (unpaired) electrons. The maximum absolute atomic E-state index is 13.8. The number of hydrogen-bond donors (Lipinski definition) is 1. The van der Waals surface area contributed by atoms with Gasteiger partial charge < -0.3 is 20.1 Å². The molecular formula is C16H27FN2O2. The molecule has 0 aliphatic rings. The van der Waals surface area contributed by atoms with Crippen LogP contribution < -0.4 is 10.6 Å². The monoisotopic (exact) mass is 298 g/mol. The van der Waals surface area contributed by atoms with Crippen LogP contribution in [0.15, 0.2) is 12.1 Å². The van der Waals surface area contributed by atoms with Crippen molar-refractivity contribution in [3.05, 3.63) is 29.1 Å². The lowest BCUT2D eigenvalue weighted by Gasteiger charge is -2.28. The Hall–Kier alpha value is -1.17. The first kappa shape index (κ1) is 17.9. The van der Waals surface area contributed by atoms with Gasteiger partial charge in [0.15, 0.2) is 0 Å². The summed E-state index contributed by atoms with van der Waals surface area (Å²) >= 11 is 0.